The van der Waals surface area contributed by atoms with Gasteiger partial charge in [-0.2, -0.15) is 0 Å². The lowest BCUT2D eigenvalue weighted by Crippen LogP contribution is -2.40. The van der Waals surface area contributed by atoms with Crippen molar-refractivity contribution < 1.29 is 14.3 Å². The minimum absolute atomic E-state index is 0.0210. The zero-order valence-electron chi connectivity index (χ0n) is 12.7. The molecule has 21 heavy (non-hydrogen) atoms. The molecule has 0 spiro atoms. The second kappa shape index (κ2) is 8.39. The Hall–Kier alpha value is -1.92. The Kier molecular flexibility index (Phi) is 6.84. The Labute approximate surface area is 125 Å². The lowest BCUT2D eigenvalue weighted by Gasteiger charge is -2.17. The van der Waals surface area contributed by atoms with Gasteiger partial charge in [0.1, 0.15) is 0 Å². The average Bonchev–Trinajstić information content (AvgIpc) is 2.46. The fraction of sp³-hybridized carbons (Fsp3) is 0.467. The molecule has 0 saturated carbocycles. The van der Waals surface area contributed by atoms with Crippen LogP contribution in [0.3, 0.4) is 0 Å². The summed E-state index contributed by atoms with van der Waals surface area (Å²) >= 11 is 0. The summed E-state index contributed by atoms with van der Waals surface area (Å²) in [6.45, 7) is 4.57. The van der Waals surface area contributed by atoms with Gasteiger partial charge in [0, 0.05) is 13.7 Å². The monoisotopic (exact) mass is 293 g/mol. The van der Waals surface area contributed by atoms with Gasteiger partial charge < -0.3 is 21.1 Å². The highest BCUT2D eigenvalue weighted by molar-refractivity contribution is 6.04. The van der Waals surface area contributed by atoms with Crippen LogP contribution in [0.25, 0.3) is 0 Å². The van der Waals surface area contributed by atoms with E-state index in [0.29, 0.717) is 24.4 Å². The van der Waals surface area contributed by atoms with E-state index in [0.717, 1.165) is 0 Å². The maximum atomic E-state index is 12.1. The fourth-order valence-electron chi connectivity index (χ4n) is 1.67. The normalized spacial score (nSPS) is 12.0. The molecular weight excluding hydrogens is 270 g/mol. The molecule has 0 unspecified atom stereocenters. The van der Waals surface area contributed by atoms with Gasteiger partial charge in [0.2, 0.25) is 5.91 Å². The SMILES string of the molecule is COCCNC(=O)c1ccccc1NC(=O)[C@@H](N)C(C)C. The Morgan fingerprint density at radius 2 is 1.95 bits per heavy atom. The first-order valence-corrected chi connectivity index (χ1v) is 6.90. The van der Waals surface area contributed by atoms with E-state index < -0.39 is 6.04 Å². The van der Waals surface area contributed by atoms with Crippen LogP contribution in [0.1, 0.15) is 24.2 Å². The van der Waals surface area contributed by atoms with E-state index in [1.54, 1.807) is 31.4 Å². The summed E-state index contributed by atoms with van der Waals surface area (Å²) in [5.74, 6) is -0.545. The van der Waals surface area contributed by atoms with Crippen LogP contribution < -0.4 is 16.4 Å². The standard InChI is InChI=1S/C15H23N3O3/c1-10(2)13(16)15(20)18-12-7-5-4-6-11(12)14(19)17-8-9-21-3/h4-7,10,13H,8-9,16H2,1-3H3,(H,17,19)(H,18,20)/t13-/m0/s1. The molecule has 1 atom stereocenters. The lowest BCUT2D eigenvalue weighted by molar-refractivity contribution is -0.118. The van der Waals surface area contributed by atoms with E-state index in [9.17, 15) is 9.59 Å². The number of nitrogens with two attached hydrogens (primary N) is 1. The van der Waals surface area contributed by atoms with E-state index >= 15 is 0 Å². The summed E-state index contributed by atoms with van der Waals surface area (Å²) in [5.41, 5.74) is 6.66. The minimum Gasteiger partial charge on any atom is -0.383 e. The van der Waals surface area contributed by atoms with E-state index in [4.69, 9.17) is 10.5 Å². The summed E-state index contributed by atoms with van der Waals surface area (Å²) in [7, 11) is 1.56. The summed E-state index contributed by atoms with van der Waals surface area (Å²) in [6, 6.07) is 6.20. The van der Waals surface area contributed by atoms with Gasteiger partial charge in [0.05, 0.1) is 23.9 Å². The molecule has 1 rings (SSSR count). The first kappa shape index (κ1) is 17.1. The number of carbonyl (C=O) groups is 2. The number of methoxy groups -OCH3 is 1. The number of nitrogens with one attached hydrogen (secondary N) is 2. The second-order valence-electron chi connectivity index (χ2n) is 5.05. The van der Waals surface area contributed by atoms with Crippen molar-refractivity contribution in [3.63, 3.8) is 0 Å². The molecule has 2 amide bonds. The van der Waals surface area contributed by atoms with Crippen LogP contribution in [0, 0.1) is 5.92 Å². The van der Waals surface area contributed by atoms with Crippen molar-refractivity contribution in [2.75, 3.05) is 25.6 Å². The number of amides is 2. The summed E-state index contributed by atoms with van der Waals surface area (Å²) in [6.07, 6.45) is 0. The third-order valence-electron chi connectivity index (χ3n) is 3.04. The second-order valence-corrected chi connectivity index (χ2v) is 5.05. The number of hydrogen-bond acceptors (Lipinski definition) is 4. The van der Waals surface area contributed by atoms with Gasteiger partial charge in [-0.15, -0.1) is 0 Å². The molecule has 6 heteroatoms. The molecule has 0 aromatic heterocycles. The molecule has 0 aliphatic heterocycles. The van der Waals surface area contributed by atoms with Crippen LogP contribution in [0.15, 0.2) is 24.3 Å². The van der Waals surface area contributed by atoms with Crippen molar-refractivity contribution in [2.45, 2.75) is 19.9 Å². The lowest BCUT2D eigenvalue weighted by atomic mass is 10.0. The highest BCUT2D eigenvalue weighted by Crippen LogP contribution is 2.15. The molecule has 116 valence electrons. The first-order valence-electron chi connectivity index (χ1n) is 6.90. The maximum absolute atomic E-state index is 12.1. The van der Waals surface area contributed by atoms with Crippen molar-refractivity contribution in [3.8, 4) is 0 Å². The van der Waals surface area contributed by atoms with Gasteiger partial charge in [0.25, 0.3) is 5.91 Å². The largest absolute Gasteiger partial charge is 0.383 e. The van der Waals surface area contributed by atoms with Gasteiger partial charge in [0.15, 0.2) is 0 Å². The van der Waals surface area contributed by atoms with E-state index in [1.807, 2.05) is 13.8 Å². The summed E-state index contributed by atoms with van der Waals surface area (Å²) in [4.78, 5) is 24.1. The number of hydrogen-bond donors (Lipinski definition) is 3. The molecule has 0 aliphatic rings. The van der Waals surface area contributed by atoms with Crippen LogP contribution >= 0.6 is 0 Å². The molecule has 0 saturated heterocycles. The average molecular weight is 293 g/mol. The number of benzene rings is 1. The third kappa shape index (κ3) is 5.17. The van der Waals surface area contributed by atoms with E-state index in [-0.39, 0.29) is 17.7 Å². The molecule has 0 heterocycles. The smallest absolute Gasteiger partial charge is 0.253 e. The van der Waals surface area contributed by atoms with Crippen LogP contribution in [-0.4, -0.2) is 38.1 Å². The summed E-state index contributed by atoms with van der Waals surface area (Å²) < 4.78 is 4.88. The van der Waals surface area contributed by atoms with Crippen molar-refractivity contribution in [2.24, 2.45) is 11.7 Å². The Balaban J connectivity index is 2.79. The Morgan fingerprint density at radius 3 is 2.57 bits per heavy atom. The van der Waals surface area contributed by atoms with E-state index in [2.05, 4.69) is 10.6 Å². The van der Waals surface area contributed by atoms with Crippen molar-refractivity contribution in [1.29, 1.82) is 0 Å². The molecule has 1 aromatic carbocycles. The first-order chi connectivity index (χ1) is 9.97. The van der Waals surface area contributed by atoms with Crippen LogP contribution in [0.4, 0.5) is 5.69 Å². The predicted molar refractivity (Wildman–Crippen MR) is 82.1 cm³/mol. The highest BCUT2D eigenvalue weighted by atomic mass is 16.5. The topological polar surface area (TPSA) is 93.5 Å². The predicted octanol–water partition coefficient (Wildman–Crippen LogP) is 0.985. The number of ether oxygens (including phenoxy) is 1. The number of rotatable bonds is 7. The molecule has 0 bridgehead atoms. The van der Waals surface area contributed by atoms with Crippen LogP contribution in [-0.2, 0) is 9.53 Å². The zero-order chi connectivity index (χ0) is 15.8. The molecule has 0 aliphatic carbocycles. The van der Waals surface area contributed by atoms with Gasteiger partial charge in [-0.3, -0.25) is 9.59 Å². The quantitative estimate of drug-likeness (QED) is 0.653. The zero-order valence-corrected chi connectivity index (χ0v) is 12.7. The number of para-hydroxylation sites is 1. The Bertz CT molecular complexity index is 489. The number of anilines is 1. The maximum Gasteiger partial charge on any atom is 0.253 e. The highest BCUT2D eigenvalue weighted by Gasteiger charge is 2.19. The minimum atomic E-state index is -0.616. The fourth-order valence-corrected chi connectivity index (χ4v) is 1.67. The van der Waals surface area contributed by atoms with Gasteiger partial charge >= 0.3 is 0 Å². The van der Waals surface area contributed by atoms with Crippen molar-refractivity contribution >= 4 is 17.5 Å². The van der Waals surface area contributed by atoms with Crippen LogP contribution in [0.2, 0.25) is 0 Å². The molecule has 0 fully saturated rings. The molecule has 0 radical (unpaired) electrons. The van der Waals surface area contributed by atoms with Crippen LogP contribution in [0.5, 0.6) is 0 Å². The molecule has 6 nitrogen and oxygen atoms in total. The van der Waals surface area contributed by atoms with E-state index in [1.165, 1.54) is 0 Å². The van der Waals surface area contributed by atoms with Gasteiger partial charge in [-0.25, -0.2) is 0 Å². The third-order valence-corrected chi connectivity index (χ3v) is 3.04. The molecule has 4 N–H and O–H groups in total. The molecule has 1 aromatic rings. The van der Waals surface area contributed by atoms with Crippen molar-refractivity contribution in [3.05, 3.63) is 29.8 Å². The summed E-state index contributed by atoms with van der Waals surface area (Å²) in [5, 5.41) is 5.43. The van der Waals surface area contributed by atoms with Crippen molar-refractivity contribution in [1.82, 2.24) is 5.32 Å². The number of carbonyl (C=O) groups excluding carboxylic acids is 2. The van der Waals surface area contributed by atoms with Gasteiger partial charge in [-0.05, 0) is 18.1 Å². The Morgan fingerprint density at radius 1 is 1.29 bits per heavy atom. The van der Waals surface area contributed by atoms with Gasteiger partial charge in [-0.1, -0.05) is 26.0 Å². The molecular formula is C15H23N3O3.